The van der Waals surface area contributed by atoms with Crippen LogP contribution in [-0.4, -0.2) is 18.3 Å². The second-order valence-corrected chi connectivity index (χ2v) is 3.06. The summed E-state index contributed by atoms with van der Waals surface area (Å²) in [7, 11) is 1.54. The summed E-state index contributed by atoms with van der Waals surface area (Å²) < 4.78 is 5.01. The quantitative estimate of drug-likeness (QED) is 0.468. The van der Waals surface area contributed by atoms with Gasteiger partial charge in [-0.25, -0.2) is 0 Å². The number of nitrogens with two attached hydrogens (primary N) is 1. The summed E-state index contributed by atoms with van der Waals surface area (Å²) in [5.74, 6) is -0.0724. The number of hydrogen-bond acceptors (Lipinski definition) is 5. The minimum absolute atomic E-state index is 0.0494. The van der Waals surface area contributed by atoms with E-state index in [-0.39, 0.29) is 23.7 Å². The van der Waals surface area contributed by atoms with Crippen LogP contribution in [0.5, 0.6) is 0 Å². The Morgan fingerprint density at radius 3 is 2.77 bits per heavy atom. The fourth-order valence-corrected chi connectivity index (χ4v) is 1.44. The van der Waals surface area contributed by atoms with E-state index in [1.54, 1.807) is 6.92 Å². The maximum Gasteiger partial charge on any atom is 0.288 e. The molecular formula is C7H13N3O3. The van der Waals surface area contributed by atoms with Crippen molar-refractivity contribution in [2.45, 2.75) is 19.6 Å². The van der Waals surface area contributed by atoms with Gasteiger partial charge in [0.2, 0.25) is 0 Å². The Hall–Kier alpha value is -1.30. The molecule has 0 amide bonds. The second-order valence-electron chi connectivity index (χ2n) is 3.06. The van der Waals surface area contributed by atoms with E-state index in [1.807, 2.05) is 0 Å². The van der Waals surface area contributed by atoms with Gasteiger partial charge in [-0.2, -0.15) is 0 Å². The lowest BCUT2D eigenvalue weighted by Crippen LogP contribution is -2.42. The lowest BCUT2D eigenvalue weighted by atomic mass is 10.00. The summed E-state index contributed by atoms with van der Waals surface area (Å²) in [6, 6.07) is 0. The molecule has 13 heavy (non-hydrogen) atoms. The van der Waals surface area contributed by atoms with Gasteiger partial charge in [-0.1, -0.05) is 6.92 Å². The third kappa shape index (κ3) is 1.89. The molecule has 0 saturated heterocycles. The minimum atomic E-state index is -0.446. The van der Waals surface area contributed by atoms with Crippen LogP contribution >= 0.6 is 0 Å². The lowest BCUT2D eigenvalue weighted by molar-refractivity contribution is -0.437. The molecule has 1 aliphatic heterocycles. The van der Waals surface area contributed by atoms with Gasteiger partial charge in [-0.15, -0.1) is 0 Å². The van der Waals surface area contributed by atoms with E-state index < -0.39 is 4.92 Å². The fraction of sp³-hybridized carbons (Fsp3) is 0.714. The fourth-order valence-electron chi connectivity index (χ4n) is 1.44. The van der Waals surface area contributed by atoms with Crippen LogP contribution in [0.15, 0.2) is 11.5 Å². The van der Waals surface area contributed by atoms with Gasteiger partial charge in [0.1, 0.15) is 6.23 Å². The van der Waals surface area contributed by atoms with Gasteiger partial charge in [0.15, 0.2) is 5.82 Å². The molecule has 6 nitrogen and oxygen atoms in total. The van der Waals surface area contributed by atoms with Crippen LogP contribution in [0, 0.1) is 16.0 Å². The number of nitrogens with zero attached hydrogens (tertiary/aromatic N) is 1. The highest BCUT2D eigenvalue weighted by Crippen LogP contribution is 2.23. The van der Waals surface area contributed by atoms with Crippen molar-refractivity contribution in [1.29, 1.82) is 0 Å². The van der Waals surface area contributed by atoms with E-state index in [2.05, 4.69) is 5.32 Å². The van der Waals surface area contributed by atoms with E-state index in [4.69, 9.17) is 10.5 Å². The van der Waals surface area contributed by atoms with Crippen molar-refractivity contribution in [3.05, 3.63) is 21.6 Å². The van der Waals surface area contributed by atoms with Crippen molar-refractivity contribution >= 4 is 0 Å². The standard InChI is InChI=1S/C7H13N3O3/c1-4-3-5(13-2)9-7(8)6(4)10(11)12/h4-5,9H,3,8H2,1-2H3/t4-,5+/m1/s1. The van der Waals surface area contributed by atoms with Crippen molar-refractivity contribution in [2.24, 2.45) is 11.7 Å². The summed E-state index contributed by atoms with van der Waals surface area (Å²) in [4.78, 5) is 10.1. The molecule has 3 N–H and O–H groups in total. The number of methoxy groups -OCH3 is 1. The molecule has 0 aromatic rings. The predicted octanol–water partition coefficient (Wildman–Crippen LogP) is -0.00720. The first kappa shape index (κ1) is 9.79. The molecule has 2 atom stereocenters. The van der Waals surface area contributed by atoms with Gasteiger partial charge in [-0.3, -0.25) is 10.1 Å². The number of rotatable bonds is 2. The zero-order chi connectivity index (χ0) is 10.0. The Bertz CT molecular complexity index is 251. The molecule has 0 fully saturated rings. The van der Waals surface area contributed by atoms with Crippen LogP contribution in [0.4, 0.5) is 0 Å². The molecule has 0 radical (unpaired) electrons. The molecule has 6 heteroatoms. The molecule has 1 rings (SSSR count). The number of ether oxygens (including phenoxy) is 1. The Balaban J connectivity index is 2.87. The summed E-state index contributed by atoms with van der Waals surface area (Å²) in [5.41, 5.74) is 5.53. The highest BCUT2D eigenvalue weighted by molar-refractivity contribution is 5.09. The summed E-state index contributed by atoms with van der Waals surface area (Å²) in [6.45, 7) is 1.76. The third-order valence-electron chi connectivity index (χ3n) is 2.11. The largest absolute Gasteiger partial charge is 0.380 e. The molecule has 74 valence electrons. The molecule has 0 spiro atoms. The van der Waals surface area contributed by atoms with Crippen LogP contribution in [-0.2, 0) is 4.74 Å². The second kappa shape index (κ2) is 3.61. The van der Waals surface area contributed by atoms with Crippen LogP contribution in [0.1, 0.15) is 13.3 Å². The highest BCUT2D eigenvalue weighted by Gasteiger charge is 2.32. The van der Waals surface area contributed by atoms with Crippen molar-refractivity contribution < 1.29 is 9.66 Å². The lowest BCUT2D eigenvalue weighted by Gasteiger charge is -2.26. The van der Waals surface area contributed by atoms with Gasteiger partial charge in [-0.05, 0) is 0 Å². The van der Waals surface area contributed by atoms with Crippen molar-refractivity contribution in [3.63, 3.8) is 0 Å². The SMILES string of the molecule is CO[C@H]1C[C@@H](C)C([N+](=O)[O-])=C(N)N1. The summed E-state index contributed by atoms with van der Waals surface area (Å²) in [6.07, 6.45) is 0.340. The topological polar surface area (TPSA) is 90.4 Å². The highest BCUT2D eigenvalue weighted by atomic mass is 16.6. The maximum atomic E-state index is 10.6. The maximum absolute atomic E-state index is 10.6. The van der Waals surface area contributed by atoms with E-state index in [1.165, 1.54) is 7.11 Å². The molecule has 0 aromatic carbocycles. The predicted molar refractivity (Wildman–Crippen MR) is 45.9 cm³/mol. The van der Waals surface area contributed by atoms with E-state index >= 15 is 0 Å². The Morgan fingerprint density at radius 1 is 1.77 bits per heavy atom. The first-order valence-corrected chi connectivity index (χ1v) is 3.99. The van der Waals surface area contributed by atoms with E-state index in [0.717, 1.165) is 0 Å². The van der Waals surface area contributed by atoms with Gasteiger partial charge in [0, 0.05) is 13.5 Å². The first-order valence-electron chi connectivity index (χ1n) is 3.99. The number of nitro groups is 1. The van der Waals surface area contributed by atoms with Crippen molar-refractivity contribution in [1.82, 2.24) is 5.32 Å². The van der Waals surface area contributed by atoms with Gasteiger partial charge in [0.25, 0.3) is 5.70 Å². The van der Waals surface area contributed by atoms with Gasteiger partial charge < -0.3 is 15.8 Å². The molecule has 0 unspecified atom stereocenters. The summed E-state index contributed by atoms with van der Waals surface area (Å²) in [5, 5.41) is 13.3. The van der Waals surface area contributed by atoms with E-state index in [0.29, 0.717) is 6.42 Å². The first-order chi connectivity index (χ1) is 6.06. The van der Waals surface area contributed by atoms with Crippen molar-refractivity contribution in [3.8, 4) is 0 Å². The molecule has 0 bridgehead atoms. The minimum Gasteiger partial charge on any atom is -0.380 e. The Morgan fingerprint density at radius 2 is 2.38 bits per heavy atom. The smallest absolute Gasteiger partial charge is 0.288 e. The van der Waals surface area contributed by atoms with Crippen LogP contribution in [0.3, 0.4) is 0 Å². The molecule has 1 heterocycles. The zero-order valence-corrected chi connectivity index (χ0v) is 7.61. The van der Waals surface area contributed by atoms with Crippen LogP contribution in [0.25, 0.3) is 0 Å². The van der Waals surface area contributed by atoms with Crippen molar-refractivity contribution in [2.75, 3.05) is 7.11 Å². The average molecular weight is 187 g/mol. The Kier molecular flexibility index (Phi) is 2.72. The molecular weight excluding hydrogens is 174 g/mol. The van der Waals surface area contributed by atoms with Gasteiger partial charge in [0.05, 0.1) is 10.8 Å². The molecule has 0 saturated carbocycles. The molecule has 0 aromatic heterocycles. The molecule has 1 aliphatic rings. The zero-order valence-electron chi connectivity index (χ0n) is 7.61. The Labute approximate surface area is 75.9 Å². The summed E-state index contributed by atoms with van der Waals surface area (Å²) >= 11 is 0. The molecule has 0 aliphatic carbocycles. The van der Waals surface area contributed by atoms with E-state index in [9.17, 15) is 10.1 Å². The van der Waals surface area contributed by atoms with Gasteiger partial charge >= 0.3 is 0 Å². The monoisotopic (exact) mass is 187 g/mol. The number of allylic oxidation sites excluding steroid dienone is 1. The van der Waals surface area contributed by atoms with Crippen LogP contribution in [0.2, 0.25) is 0 Å². The van der Waals surface area contributed by atoms with Crippen LogP contribution < -0.4 is 11.1 Å². The average Bonchev–Trinajstić information content (AvgIpc) is 2.02. The number of hydrogen-bond donors (Lipinski definition) is 2. The number of nitrogens with one attached hydrogen (secondary N) is 1. The third-order valence-corrected chi connectivity index (χ3v) is 2.11. The normalized spacial score (nSPS) is 28.5.